The smallest absolute Gasteiger partial charge is 0.410 e. The maximum absolute atomic E-state index is 12.4. The molecule has 0 aliphatic heterocycles. The Labute approximate surface area is 158 Å². The molecule has 10 heteroatoms. The molecular weight excluding hydrogens is 370 g/mol. The molecule has 0 bridgehead atoms. The molecule has 0 spiro atoms. The fraction of sp³-hybridized carbons (Fsp3) is 0.176. The average Bonchev–Trinajstić information content (AvgIpc) is 3.16. The standard InChI is InChI=1S/C17H17N5O4S/c1-21(2)16(24)12-7-9-6-10(4-5-11(9)27-12)18-15(23)14-19-13(8-22(14)3)20-17(25)26/h4-8,20H,1-3H3,(H,18,23)(H,25,26). The maximum Gasteiger partial charge on any atom is 0.410 e. The Morgan fingerprint density at radius 2 is 1.93 bits per heavy atom. The number of thiophene rings is 1. The molecule has 27 heavy (non-hydrogen) atoms. The van der Waals surface area contributed by atoms with Crippen molar-refractivity contribution in [1.82, 2.24) is 14.5 Å². The van der Waals surface area contributed by atoms with Gasteiger partial charge >= 0.3 is 6.09 Å². The molecule has 3 rings (SSSR count). The summed E-state index contributed by atoms with van der Waals surface area (Å²) in [4.78, 5) is 41.3. The van der Waals surface area contributed by atoms with Crippen molar-refractivity contribution < 1.29 is 19.5 Å². The third-order valence-electron chi connectivity index (χ3n) is 3.71. The number of hydrogen-bond acceptors (Lipinski definition) is 5. The number of benzene rings is 1. The lowest BCUT2D eigenvalue weighted by Crippen LogP contribution is -2.20. The molecule has 9 nitrogen and oxygen atoms in total. The van der Waals surface area contributed by atoms with Crippen molar-refractivity contribution in [1.29, 1.82) is 0 Å². The summed E-state index contributed by atoms with van der Waals surface area (Å²) in [6.45, 7) is 0. The molecule has 2 heterocycles. The number of anilines is 2. The normalized spacial score (nSPS) is 10.6. The summed E-state index contributed by atoms with van der Waals surface area (Å²) in [5, 5.41) is 14.4. The van der Waals surface area contributed by atoms with Crippen LogP contribution in [0.25, 0.3) is 10.1 Å². The van der Waals surface area contributed by atoms with E-state index in [2.05, 4.69) is 15.6 Å². The van der Waals surface area contributed by atoms with E-state index in [9.17, 15) is 14.4 Å². The molecule has 0 radical (unpaired) electrons. The van der Waals surface area contributed by atoms with Crippen molar-refractivity contribution in [2.24, 2.45) is 7.05 Å². The van der Waals surface area contributed by atoms with E-state index in [1.165, 1.54) is 27.0 Å². The zero-order valence-electron chi connectivity index (χ0n) is 14.8. The van der Waals surface area contributed by atoms with Crippen molar-refractivity contribution in [2.45, 2.75) is 0 Å². The second kappa shape index (κ2) is 7.08. The number of imidazole rings is 1. The van der Waals surface area contributed by atoms with Crippen molar-refractivity contribution in [3.63, 3.8) is 0 Å². The molecule has 3 amide bonds. The van der Waals surface area contributed by atoms with Crippen LogP contribution in [0.1, 0.15) is 20.3 Å². The maximum atomic E-state index is 12.4. The van der Waals surface area contributed by atoms with E-state index in [0.29, 0.717) is 10.6 Å². The van der Waals surface area contributed by atoms with Crippen LogP contribution in [-0.2, 0) is 7.05 Å². The summed E-state index contributed by atoms with van der Waals surface area (Å²) in [6, 6.07) is 7.13. The highest BCUT2D eigenvalue weighted by Crippen LogP contribution is 2.29. The van der Waals surface area contributed by atoms with Crippen molar-refractivity contribution >= 4 is 50.8 Å². The zero-order chi connectivity index (χ0) is 19.7. The van der Waals surface area contributed by atoms with Crippen LogP contribution >= 0.6 is 11.3 Å². The lowest BCUT2D eigenvalue weighted by molar-refractivity contribution is 0.0832. The number of aromatic nitrogens is 2. The molecule has 1 aromatic carbocycles. The van der Waals surface area contributed by atoms with E-state index >= 15 is 0 Å². The minimum absolute atomic E-state index is 0.0626. The Morgan fingerprint density at radius 1 is 1.19 bits per heavy atom. The molecule has 0 fully saturated rings. The van der Waals surface area contributed by atoms with Crippen molar-refractivity contribution in [3.8, 4) is 0 Å². The van der Waals surface area contributed by atoms with Gasteiger partial charge in [0.2, 0.25) is 5.82 Å². The van der Waals surface area contributed by atoms with Crippen LogP contribution in [0.4, 0.5) is 16.3 Å². The monoisotopic (exact) mass is 387 g/mol. The Morgan fingerprint density at radius 3 is 2.59 bits per heavy atom. The number of nitrogens with zero attached hydrogens (tertiary/aromatic N) is 3. The number of hydrogen-bond donors (Lipinski definition) is 3. The molecule has 0 unspecified atom stereocenters. The van der Waals surface area contributed by atoms with Crippen LogP contribution < -0.4 is 10.6 Å². The van der Waals surface area contributed by atoms with Gasteiger partial charge in [-0.3, -0.25) is 14.9 Å². The number of carbonyl (C=O) groups is 3. The van der Waals surface area contributed by atoms with Crippen molar-refractivity contribution in [3.05, 3.63) is 41.2 Å². The van der Waals surface area contributed by atoms with Gasteiger partial charge in [-0.15, -0.1) is 11.3 Å². The number of nitrogens with one attached hydrogen (secondary N) is 2. The van der Waals surface area contributed by atoms with Crippen LogP contribution in [0.2, 0.25) is 0 Å². The Kier molecular flexibility index (Phi) is 4.82. The first-order valence-corrected chi connectivity index (χ1v) is 8.66. The minimum Gasteiger partial charge on any atom is -0.465 e. The number of amides is 3. The second-order valence-corrected chi connectivity index (χ2v) is 7.09. The van der Waals surface area contributed by atoms with E-state index in [4.69, 9.17) is 5.11 Å². The summed E-state index contributed by atoms with van der Waals surface area (Å²) >= 11 is 1.38. The topological polar surface area (TPSA) is 117 Å². The quantitative estimate of drug-likeness (QED) is 0.636. The zero-order valence-corrected chi connectivity index (χ0v) is 15.6. The molecule has 0 saturated heterocycles. The summed E-state index contributed by atoms with van der Waals surface area (Å²) in [5.41, 5.74) is 0.546. The third-order valence-corrected chi connectivity index (χ3v) is 4.81. The predicted octanol–water partition coefficient (Wildman–Crippen LogP) is 2.68. The van der Waals surface area contributed by atoms with Crippen LogP contribution in [0.15, 0.2) is 30.5 Å². The van der Waals surface area contributed by atoms with E-state index < -0.39 is 12.0 Å². The van der Waals surface area contributed by atoms with E-state index in [-0.39, 0.29) is 17.5 Å². The minimum atomic E-state index is -1.26. The highest BCUT2D eigenvalue weighted by atomic mass is 32.1. The second-order valence-electron chi connectivity index (χ2n) is 6.01. The molecule has 3 aromatic rings. The first kappa shape index (κ1) is 18.4. The van der Waals surface area contributed by atoms with Crippen LogP contribution in [0.3, 0.4) is 0 Å². The van der Waals surface area contributed by atoms with Gasteiger partial charge in [-0.2, -0.15) is 0 Å². The van der Waals surface area contributed by atoms with Gasteiger partial charge in [-0.25, -0.2) is 9.78 Å². The largest absolute Gasteiger partial charge is 0.465 e. The lowest BCUT2D eigenvalue weighted by Gasteiger charge is -2.06. The Hall–Kier alpha value is -3.40. The number of carbonyl (C=O) groups excluding carboxylic acids is 2. The number of carboxylic acid groups (broad SMARTS) is 1. The SMILES string of the molecule is CN(C)C(=O)c1cc2cc(NC(=O)c3nc(NC(=O)O)cn3C)ccc2s1. The fourth-order valence-corrected chi connectivity index (χ4v) is 3.55. The van der Waals surface area contributed by atoms with Crippen LogP contribution in [-0.4, -0.2) is 51.6 Å². The highest BCUT2D eigenvalue weighted by Gasteiger charge is 2.16. The van der Waals surface area contributed by atoms with Gasteiger partial charge in [0, 0.05) is 37.7 Å². The summed E-state index contributed by atoms with van der Waals surface area (Å²) in [5.74, 6) is -0.425. The molecule has 3 N–H and O–H groups in total. The van der Waals surface area contributed by atoms with Gasteiger partial charge in [-0.05, 0) is 29.7 Å². The van der Waals surface area contributed by atoms with Gasteiger partial charge in [0.1, 0.15) is 0 Å². The Bertz CT molecular complexity index is 1050. The number of aryl methyl sites for hydroxylation is 1. The average molecular weight is 387 g/mol. The van der Waals surface area contributed by atoms with Gasteiger partial charge in [0.15, 0.2) is 5.82 Å². The van der Waals surface area contributed by atoms with E-state index in [1.54, 1.807) is 39.3 Å². The summed E-state index contributed by atoms with van der Waals surface area (Å²) in [7, 11) is 4.98. The molecule has 2 aromatic heterocycles. The van der Waals surface area contributed by atoms with Crippen LogP contribution in [0, 0.1) is 0 Å². The molecule has 140 valence electrons. The summed E-state index contributed by atoms with van der Waals surface area (Å²) in [6.07, 6.45) is 0.149. The van der Waals surface area contributed by atoms with Gasteiger partial charge in [0.25, 0.3) is 11.8 Å². The lowest BCUT2D eigenvalue weighted by atomic mass is 10.2. The third kappa shape index (κ3) is 3.90. The predicted molar refractivity (Wildman–Crippen MR) is 103 cm³/mol. The number of fused-ring (bicyclic) bond motifs is 1. The molecule has 0 saturated carbocycles. The van der Waals surface area contributed by atoms with Crippen molar-refractivity contribution in [2.75, 3.05) is 24.7 Å². The first-order chi connectivity index (χ1) is 12.7. The fourth-order valence-electron chi connectivity index (χ4n) is 2.48. The van der Waals surface area contributed by atoms with Gasteiger partial charge in [0.05, 0.1) is 4.88 Å². The van der Waals surface area contributed by atoms with Gasteiger partial charge in [-0.1, -0.05) is 0 Å². The summed E-state index contributed by atoms with van der Waals surface area (Å²) < 4.78 is 2.36. The molecule has 0 aliphatic rings. The first-order valence-electron chi connectivity index (χ1n) is 7.84. The molecule has 0 aliphatic carbocycles. The van der Waals surface area contributed by atoms with Gasteiger partial charge < -0.3 is 19.9 Å². The molecular formula is C17H17N5O4S. The van der Waals surface area contributed by atoms with Crippen LogP contribution in [0.5, 0.6) is 0 Å². The van der Waals surface area contributed by atoms with E-state index in [1.807, 2.05) is 6.07 Å². The Balaban J connectivity index is 1.82. The number of rotatable bonds is 4. The highest BCUT2D eigenvalue weighted by molar-refractivity contribution is 7.20. The molecule has 0 atom stereocenters. The van der Waals surface area contributed by atoms with E-state index in [0.717, 1.165) is 10.1 Å².